The lowest BCUT2D eigenvalue weighted by molar-refractivity contribution is 0.218. The maximum atomic E-state index is 6.27. The third-order valence-electron chi connectivity index (χ3n) is 4.59. The Bertz CT molecular complexity index is 756. The van der Waals surface area contributed by atoms with Gasteiger partial charge in [0.15, 0.2) is 5.16 Å². The zero-order valence-corrected chi connectivity index (χ0v) is 16.0. The van der Waals surface area contributed by atoms with Crippen LogP contribution < -0.4 is 5.73 Å². The van der Waals surface area contributed by atoms with E-state index in [2.05, 4.69) is 32.3 Å². The van der Waals surface area contributed by atoms with Crippen molar-refractivity contribution in [2.45, 2.75) is 52.1 Å². The van der Waals surface area contributed by atoms with Crippen molar-refractivity contribution in [1.29, 1.82) is 0 Å². The van der Waals surface area contributed by atoms with Crippen LogP contribution in [0.25, 0.3) is 10.2 Å². The Labute approximate surface area is 146 Å². The van der Waals surface area contributed by atoms with Crippen LogP contribution in [0, 0.1) is 11.3 Å². The van der Waals surface area contributed by atoms with Gasteiger partial charge in [-0.05, 0) is 43.1 Å². The predicted molar refractivity (Wildman–Crippen MR) is 102 cm³/mol. The fourth-order valence-electron chi connectivity index (χ4n) is 3.18. The molecule has 0 amide bonds. The average molecular weight is 348 g/mol. The zero-order chi connectivity index (χ0) is 16.8. The number of thiophene rings is 1. The van der Waals surface area contributed by atoms with E-state index < -0.39 is 0 Å². The van der Waals surface area contributed by atoms with Crippen LogP contribution >= 0.6 is 23.1 Å². The maximum Gasteiger partial charge on any atom is 0.191 e. The smallest absolute Gasteiger partial charge is 0.191 e. The van der Waals surface area contributed by atoms with Crippen LogP contribution in [0.3, 0.4) is 0 Å². The van der Waals surface area contributed by atoms with Crippen LogP contribution in [0.4, 0.5) is 5.82 Å². The first-order valence-electron chi connectivity index (χ1n) is 8.10. The molecule has 3 rings (SSSR count). The van der Waals surface area contributed by atoms with Crippen molar-refractivity contribution in [3.8, 4) is 0 Å². The first kappa shape index (κ1) is 16.8. The minimum Gasteiger partial charge on any atom is -0.383 e. The normalized spacial score (nSPS) is 18.2. The highest BCUT2D eigenvalue weighted by Gasteiger charge is 2.31. The van der Waals surface area contributed by atoms with E-state index in [1.165, 1.54) is 16.9 Å². The van der Waals surface area contributed by atoms with Crippen molar-refractivity contribution >= 4 is 39.1 Å². The third kappa shape index (κ3) is 3.41. The lowest BCUT2D eigenvalue weighted by atomic mass is 9.72. The highest BCUT2D eigenvalue weighted by molar-refractivity contribution is 7.99. The molecule has 2 aromatic rings. The molecule has 0 unspecified atom stereocenters. The Balaban J connectivity index is 1.97. The molecule has 1 aliphatic rings. The molecule has 0 saturated heterocycles. The summed E-state index contributed by atoms with van der Waals surface area (Å²) in [6, 6.07) is 0. The predicted octanol–water partition coefficient (Wildman–Crippen LogP) is 5.09. The van der Waals surface area contributed by atoms with Gasteiger partial charge in [0.25, 0.3) is 0 Å². The quantitative estimate of drug-likeness (QED) is 0.477. The standard InChI is InChI=1S/C18H25N3S2/c1-10(2)9-22-17-20-15(19)14-12-7-6-11(18(3,4)5)8-13(12)23-16(14)21-17/h11H,1,6-9H2,2-5H3,(H2,19,20,21)/t11-/m0/s1. The lowest BCUT2D eigenvalue weighted by Crippen LogP contribution is -2.26. The summed E-state index contributed by atoms with van der Waals surface area (Å²) >= 11 is 3.43. The van der Waals surface area contributed by atoms with Gasteiger partial charge in [-0.2, -0.15) is 0 Å². The van der Waals surface area contributed by atoms with E-state index in [0.717, 1.165) is 45.5 Å². The number of nitrogen functional groups attached to an aromatic ring is 1. The number of hydrogen-bond acceptors (Lipinski definition) is 5. The Kier molecular flexibility index (Phi) is 4.45. The van der Waals surface area contributed by atoms with Gasteiger partial charge in [-0.25, -0.2) is 9.97 Å². The molecule has 0 saturated carbocycles. The van der Waals surface area contributed by atoms with E-state index >= 15 is 0 Å². The molecule has 23 heavy (non-hydrogen) atoms. The van der Waals surface area contributed by atoms with Gasteiger partial charge in [-0.15, -0.1) is 11.3 Å². The zero-order valence-electron chi connectivity index (χ0n) is 14.4. The Morgan fingerprint density at radius 2 is 2.13 bits per heavy atom. The molecule has 0 aromatic carbocycles. The number of anilines is 1. The molecule has 124 valence electrons. The molecule has 2 N–H and O–H groups in total. The average Bonchev–Trinajstić information content (AvgIpc) is 2.81. The first-order chi connectivity index (χ1) is 10.8. The number of fused-ring (bicyclic) bond motifs is 3. The molecular weight excluding hydrogens is 322 g/mol. The molecule has 0 fully saturated rings. The van der Waals surface area contributed by atoms with E-state index in [1.54, 1.807) is 11.8 Å². The second-order valence-electron chi connectivity index (χ2n) is 7.63. The summed E-state index contributed by atoms with van der Waals surface area (Å²) in [4.78, 5) is 11.8. The summed E-state index contributed by atoms with van der Waals surface area (Å²) in [6.45, 7) is 13.0. The summed E-state index contributed by atoms with van der Waals surface area (Å²) in [5, 5.41) is 1.88. The molecule has 2 heterocycles. The fraction of sp³-hybridized carbons (Fsp3) is 0.556. The van der Waals surface area contributed by atoms with Gasteiger partial charge in [0.1, 0.15) is 10.6 Å². The van der Waals surface area contributed by atoms with Crippen LogP contribution in [0.15, 0.2) is 17.3 Å². The number of aromatic nitrogens is 2. The molecular formula is C18H25N3S2. The van der Waals surface area contributed by atoms with Crippen LogP contribution in [0.2, 0.25) is 0 Å². The molecule has 0 bridgehead atoms. The van der Waals surface area contributed by atoms with Gasteiger partial charge in [0.2, 0.25) is 0 Å². The van der Waals surface area contributed by atoms with Crippen molar-refractivity contribution < 1.29 is 0 Å². The molecule has 0 aliphatic heterocycles. The molecule has 1 atom stereocenters. The largest absolute Gasteiger partial charge is 0.383 e. The molecule has 0 spiro atoms. The van der Waals surface area contributed by atoms with E-state index in [0.29, 0.717) is 11.2 Å². The number of thioether (sulfide) groups is 1. The van der Waals surface area contributed by atoms with E-state index in [1.807, 2.05) is 18.3 Å². The van der Waals surface area contributed by atoms with Crippen molar-refractivity contribution in [2.75, 3.05) is 11.5 Å². The molecule has 5 heteroatoms. The van der Waals surface area contributed by atoms with Crippen molar-refractivity contribution in [3.63, 3.8) is 0 Å². The maximum absolute atomic E-state index is 6.27. The number of aryl methyl sites for hydroxylation is 1. The van der Waals surface area contributed by atoms with Crippen LogP contribution in [-0.2, 0) is 12.8 Å². The second-order valence-corrected chi connectivity index (χ2v) is 9.65. The lowest BCUT2D eigenvalue weighted by Gasteiger charge is -2.33. The number of hydrogen-bond donors (Lipinski definition) is 1. The van der Waals surface area contributed by atoms with E-state index in [4.69, 9.17) is 10.7 Å². The fourth-order valence-corrected chi connectivity index (χ4v) is 5.24. The highest BCUT2D eigenvalue weighted by Crippen LogP contribution is 2.44. The molecule has 0 radical (unpaired) electrons. The Hall–Kier alpha value is -1.07. The molecule has 2 aromatic heterocycles. The first-order valence-corrected chi connectivity index (χ1v) is 9.91. The SMILES string of the molecule is C=C(C)CSc1nc(N)c2c3c(sc2n1)C[C@@H](C(C)(C)C)CC3. The topological polar surface area (TPSA) is 51.8 Å². The monoisotopic (exact) mass is 347 g/mol. The van der Waals surface area contributed by atoms with E-state index in [-0.39, 0.29) is 0 Å². The Morgan fingerprint density at radius 1 is 1.39 bits per heavy atom. The summed E-state index contributed by atoms with van der Waals surface area (Å²) in [7, 11) is 0. The van der Waals surface area contributed by atoms with Gasteiger partial charge in [-0.1, -0.05) is 44.7 Å². The van der Waals surface area contributed by atoms with Crippen LogP contribution in [0.5, 0.6) is 0 Å². The highest BCUT2D eigenvalue weighted by atomic mass is 32.2. The molecule has 3 nitrogen and oxygen atoms in total. The number of nitrogens with zero attached hydrogens (tertiary/aromatic N) is 2. The van der Waals surface area contributed by atoms with Gasteiger partial charge >= 0.3 is 0 Å². The van der Waals surface area contributed by atoms with Crippen LogP contribution in [-0.4, -0.2) is 15.7 Å². The van der Waals surface area contributed by atoms with Crippen LogP contribution in [0.1, 0.15) is 44.6 Å². The summed E-state index contributed by atoms with van der Waals surface area (Å²) in [5.41, 5.74) is 9.15. The van der Waals surface area contributed by atoms with Crippen molar-refractivity contribution in [3.05, 3.63) is 22.6 Å². The Morgan fingerprint density at radius 3 is 2.78 bits per heavy atom. The summed E-state index contributed by atoms with van der Waals surface area (Å²) in [6.07, 6.45) is 3.48. The van der Waals surface area contributed by atoms with Gasteiger partial charge in [0.05, 0.1) is 5.39 Å². The number of nitrogens with two attached hydrogens (primary N) is 1. The third-order valence-corrected chi connectivity index (χ3v) is 6.81. The van der Waals surface area contributed by atoms with E-state index in [9.17, 15) is 0 Å². The minimum absolute atomic E-state index is 0.355. The van der Waals surface area contributed by atoms with Crippen molar-refractivity contribution in [1.82, 2.24) is 9.97 Å². The van der Waals surface area contributed by atoms with Gasteiger partial charge in [0, 0.05) is 10.6 Å². The van der Waals surface area contributed by atoms with Gasteiger partial charge < -0.3 is 5.73 Å². The minimum atomic E-state index is 0.355. The summed E-state index contributed by atoms with van der Waals surface area (Å²) in [5.74, 6) is 2.21. The summed E-state index contributed by atoms with van der Waals surface area (Å²) < 4.78 is 0. The number of rotatable bonds is 3. The second kappa shape index (κ2) is 6.10. The molecule has 1 aliphatic carbocycles. The van der Waals surface area contributed by atoms with Gasteiger partial charge in [-0.3, -0.25) is 0 Å². The van der Waals surface area contributed by atoms with Crippen molar-refractivity contribution in [2.24, 2.45) is 11.3 Å².